The molecule has 0 bridgehead atoms. The summed E-state index contributed by atoms with van der Waals surface area (Å²) in [7, 11) is 0. The fourth-order valence-corrected chi connectivity index (χ4v) is 3.74. The predicted molar refractivity (Wildman–Crippen MR) is 96.5 cm³/mol. The van der Waals surface area contributed by atoms with E-state index < -0.39 is 29.5 Å². The number of guanidine groups is 1. The lowest BCUT2D eigenvalue weighted by Gasteiger charge is -2.45. The summed E-state index contributed by atoms with van der Waals surface area (Å²) in [5.41, 5.74) is -0.409. The number of hydrogen-bond donors (Lipinski definition) is 0. The topological polar surface area (TPSA) is 48.4 Å². The number of aliphatic imine (C=N–C) groups is 1. The largest absolute Gasteiger partial charge is 0.409 e. The van der Waals surface area contributed by atoms with Gasteiger partial charge in [-0.25, -0.2) is 4.39 Å². The number of amides is 1. The molecule has 29 heavy (non-hydrogen) atoms. The Hall–Kier alpha value is -2.62. The van der Waals surface area contributed by atoms with Crippen molar-refractivity contribution in [2.45, 2.75) is 18.6 Å². The van der Waals surface area contributed by atoms with Gasteiger partial charge < -0.3 is 14.5 Å². The molecule has 0 aliphatic carbocycles. The van der Waals surface area contributed by atoms with Crippen LogP contribution in [0.4, 0.5) is 17.6 Å². The number of rotatable bonds is 2. The van der Waals surface area contributed by atoms with Crippen LogP contribution in [0, 0.1) is 5.82 Å². The van der Waals surface area contributed by atoms with Crippen molar-refractivity contribution >= 4 is 11.9 Å². The van der Waals surface area contributed by atoms with Crippen LogP contribution in [0.25, 0.3) is 0 Å². The van der Waals surface area contributed by atoms with Crippen LogP contribution in [0.5, 0.6) is 0 Å². The lowest BCUT2D eigenvalue weighted by atomic mass is 10.1. The maximum atomic E-state index is 14.2. The summed E-state index contributed by atoms with van der Waals surface area (Å²) in [6, 6.07) is 2.98. The zero-order chi connectivity index (χ0) is 20.6. The monoisotopic (exact) mass is 412 g/mol. The Kier molecular flexibility index (Phi) is 5.20. The highest BCUT2D eigenvalue weighted by Crippen LogP contribution is 2.34. The summed E-state index contributed by atoms with van der Waals surface area (Å²) in [5.74, 6) is -1.49. The van der Waals surface area contributed by atoms with Crippen molar-refractivity contribution in [2.75, 3.05) is 39.4 Å². The van der Waals surface area contributed by atoms with Gasteiger partial charge in [-0.1, -0.05) is 12.1 Å². The molecular formula is C19H20F4N4O2. The van der Waals surface area contributed by atoms with E-state index in [4.69, 9.17) is 4.74 Å². The van der Waals surface area contributed by atoms with Gasteiger partial charge in [0, 0.05) is 26.2 Å². The maximum Gasteiger partial charge on any atom is 0.409 e. The normalized spacial score (nSPS) is 22.8. The van der Waals surface area contributed by atoms with E-state index in [0.717, 1.165) is 6.07 Å². The van der Waals surface area contributed by atoms with Gasteiger partial charge in [0.2, 0.25) is 5.96 Å². The number of halogens is 4. The molecule has 2 saturated heterocycles. The summed E-state index contributed by atoms with van der Waals surface area (Å²) in [5, 5.41) is 0. The summed E-state index contributed by atoms with van der Waals surface area (Å²) < 4.78 is 60.8. The molecule has 2 fully saturated rings. The molecule has 0 radical (unpaired) electrons. The van der Waals surface area contributed by atoms with Gasteiger partial charge in [0.05, 0.1) is 18.8 Å². The lowest BCUT2D eigenvalue weighted by molar-refractivity contribution is -0.175. The number of alkyl halides is 3. The first-order valence-electron chi connectivity index (χ1n) is 9.37. The highest BCUT2D eigenvalue weighted by Gasteiger charge is 2.51. The molecule has 156 valence electrons. The van der Waals surface area contributed by atoms with Gasteiger partial charge in [0.1, 0.15) is 17.7 Å². The molecule has 1 aromatic carbocycles. The van der Waals surface area contributed by atoms with Crippen LogP contribution in [0.2, 0.25) is 0 Å². The fraction of sp³-hybridized carbons (Fsp3) is 0.474. The molecule has 0 unspecified atom stereocenters. The van der Waals surface area contributed by atoms with Gasteiger partial charge in [-0.2, -0.15) is 18.2 Å². The van der Waals surface area contributed by atoms with Crippen LogP contribution < -0.4 is 0 Å². The minimum absolute atomic E-state index is 0.0872. The second-order valence-electron chi connectivity index (χ2n) is 7.02. The number of hydrogen-bond acceptors (Lipinski definition) is 5. The smallest absolute Gasteiger partial charge is 0.378 e. The molecule has 6 nitrogen and oxygen atoms in total. The number of benzene rings is 1. The van der Waals surface area contributed by atoms with Crippen LogP contribution in [0.15, 0.2) is 41.2 Å². The first-order valence-corrected chi connectivity index (χ1v) is 9.37. The molecule has 0 spiro atoms. The summed E-state index contributed by atoms with van der Waals surface area (Å²) in [6.45, 7) is 2.55. The second kappa shape index (κ2) is 7.66. The van der Waals surface area contributed by atoms with Crippen molar-refractivity contribution in [1.82, 2.24) is 14.7 Å². The molecule has 0 aromatic heterocycles. The van der Waals surface area contributed by atoms with E-state index in [1.165, 1.54) is 18.2 Å². The summed E-state index contributed by atoms with van der Waals surface area (Å²) in [6.07, 6.45) is -3.13. The average Bonchev–Trinajstić information content (AvgIpc) is 2.72. The van der Waals surface area contributed by atoms with E-state index in [9.17, 15) is 22.4 Å². The van der Waals surface area contributed by atoms with E-state index in [1.54, 1.807) is 4.90 Å². The highest BCUT2D eigenvalue weighted by molar-refractivity contribution is 6.07. The quantitative estimate of drug-likeness (QED) is 0.701. The van der Waals surface area contributed by atoms with Crippen molar-refractivity contribution in [3.05, 3.63) is 47.5 Å². The van der Waals surface area contributed by atoms with Crippen LogP contribution >= 0.6 is 0 Å². The Morgan fingerprint density at radius 1 is 1.10 bits per heavy atom. The molecule has 3 aliphatic heterocycles. The molecule has 10 heteroatoms. The first kappa shape index (κ1) is 19.7. The van der Waals surface area contributed by atoms with Crippen molar-refractivity contribution < 1.29 is 27.1 Å². The number of ether oxygens (including phenoxy) is 1. The molecule has 0 saturated carbocycles. The van der Waals surface area contributed by atoms with E-state index in [2.05, 4.69) is 4.99 Å². The SMILES string of the molecule is O=C(c1ccccc1F)N1C2=NC(N3CCOCC3)=CCN2CC[C@H]1C(F)(F)F. The molecular weight excluding hydrogens is 392 g/mol. The molecule has 4 rings (SSSR count). The minimum Gasteiger partial charge on any atom is -0.378 e. The highest BCUT2D eigenvalue weighted by atomic mass is 19.4. The van der Waals surface area contributed by atoms with E-state index in [0.29, 0.717) is 43.6 Å². The number of fused-ring (bicyclic) bond motifs is 1. The van der Waals surface area contributed by atoms with Crippen molar-refractivity contribution in [2.24, 2.45) is 4.99 Å². The number of nitrogens with zero attached hydrogens (tertiary/aromatic N) is 4. The third-order valence-corrected chi connectivity index (χ3v) is 5.23. The van der Waals surface area contributed by atoms with E-state index in [-0.39, 0.29) is 18.9 Å². The summed E-state index contributed by atoms with van der Waals surface area (Å²) in [4.78, 5) is 21.6. The Morgan fingerprint density at radius 3 is 2.52 bits per heavy atom. The molecule has 3 heterocycles. The molecule has 3 aliphatic rings. The lowest BCUT2D eigenvalue weighted by Crippen LogP contribution is -2.62. The minimum atomic E-state index is -4.66. The second-order valence-corrected chi connectivity index (χ2v) is 7.02. The number of carbonyl (C=O) groups excluding carboxylic acids is 1. The van der Waals surface area contributed by atoms with Crippen molar-refractivity contribution in [3.8, 4) is 0 Å². The van der Waals surface area contributed by atoms with Gasteiger partial charge in [-0.3, -0.25) is 9.69 Å². The first-order chi connectivity index (χ1) is 13.9. The van der Waals surface area contributed by atoms with Gasteiger partial charge in [-0.05, 0) is 24.6 Å². The Morgan fingerprint density at radius 2 is 1.83 bits per heavy atom. The predicted octanol–water partition coefficient (Wildman–Crippen LogP) is 2.45. The Labute approximate surface area is 165 Å². The van der Waals surface area contributed by atoms with Crippen LogP contribution in [0.1, 0.15) is 16.8 Å². The zero-order valence-electron chi connectivity index (χ0n) is 15.5. The average molecular weight is 412 g/mol. The van der Waals surface area contributed by atoms with Crippen molar-refractivity contribution in [1.29, 1.82) is 0 Å². The maximum absolute atomic E-state index is 14.2. The molecule has 1 amide bonds. The third kappa shape index (κ3) is 3.81. The van der Waals surface area contributed by atoms with Crippen molar-refractivity contribution in [3.63, 3.8) is 0 Å². The van der Waals surface area contributed by atoms with Gasteiger partial charge in [0.15, 0.2) is 0 Å². The third-order valence-electron chi connectivity index (χ3n) is 5.23. The van der Waals surface area contributed by atoms with Crippen LogP contribution in [-0.4, -0.2) is 78.2 Å². The van der Waals surface area contributed by atoms with Gasteiger partial charge in [0.25, 0.3) is 5.91 Å². The van der Waals surface area contributed by atoms with E-state index in [1.807, 2.05) is 11.0 Å². The Bertz CT molecular complexity index is 849. The zero-order valence-corrected chi connectivity index (χ0v) is 15.5. The summed E-state index contributed by atoms with van der Waals surface area (Å²) >= 11 is 0. The van der Waals surface area contributed by atoms with Gasteiger partial charge >= 0.3 is 6.18 Å². The number of morpholine rings is 1. The van der Waals surface area contributed by atoms with Crippen LogP contribution in [0.3, 0.4) is 0 Å². The van der Waals surface area contributed by atoms with Gasteiger partial charge in [-0.15, -0.1) is 0 Å². The fourth-order valence-electron chi connectivity index (χ4n) is 3.74. The standard InChI is InChI=1S/C19H20F4N4O2/c20-14-4-2-1-3-13(14)17(28)27-15(19(21,22)23)5-7-26-8-6-16(24-18(26)27)25-9-11-29-12-10-25/h1-4,6,15H,5,7-12H2/t15-/m0/s1. The molecule has 0 N–H and O–H groups in total. The molecule has 1 atom stereocenters. The molecule has 1 aromatic rings. The Balaban J connectivity index is 1.74. The number of carbonyl (C=O) groups is 1. The van der Waals surface area contributed by atoms with E-state index >= 15 is 0 Å². The van der Waals surface area contributed by atoms with Crippen LogP contribution in [-0.2, 0) is 4.74 Å².